The minimum absolute atomic E-state index is 0.00412. The highest BCUT2D eigenvalue weighted by Gasteiger charge is 2.41. The maximum Gasteiger partial charge on any atom is 0.333 e. The molecule has 10 rings (SSSR count). The van der Waals surface area contributed by atoms with Gasteiger partial charge in [-0.3, -0.25) is 27.9 Å². The fourth-order valence-corrected chi connectivity index (χ4v) is 10.6. The first-order chi connectivity index (χ1) is 36.2. The van der Waals surface area contributed by atoms with E-state index >= 15 is 0 Å². The molecule has 2 unspecified atom stereocenters. The van der Waals surface area contributed by atoms with Crippen molar-refractivity contribution in [3.63, 3.8) is 0 Å². The van der Waals surface area contributed by atoms with Gasteiger partial charge in [-0.25, -0.2) is 29.5 Å². The normalized spacial score (nSPS) is 15.8. The van der Waals surface area contributed by atoms with E-state index in [-0.39, 0.29) is 98.7 Å². The summed E-state index contributed by atoms with van der Waals surface area (Å²) >= 11 is 0. The van der Waals surface area contributed by atoms with E-state index in [4.69, 9.17) is 29.4 Å². The average Bonchev–Trinajstić information content (AvgIpc) is 3.95. The topological polar surface area (TPSA) is 208 Å². The Morgan fingerprint density at radius 2 is 1.20 bits per heavy atom. The zero-order chi connectivity index (χ0) is 52.7. The van der Waals surface area contributed by atoms with Gasteiger partial charge in [-0.05, 0) is 108 Å². The Hall–Kier alpha value is -7.44. The summed E-state index contributed by atoms with van der Waals surface area (Å²) in [6.07, 6.45) is 6.06. The van der Waals surface area contributed by atoms with Crippen LogP contribution in [-0.4, -0.2) is 83.0 Å². The van der Waals surface area contributed by atoms with Crippen LogP contribution in [0.4, 0.5) is 0 Å². The Morgan fingerprint density at radius 3 is 1.75 bits per heavy atom. The van der Waals surface area contributed by atoms with Crippen molar-refractivity contribution in [2.45, 2.75) is 144 Å². The molecule has 0 bridgehead atoms. The Bertz CT molecular complexity index is 3670. The van der Waals surface area contributed by atoms with Crippen molar-refractivity contribution >= 4 is 22.3 Å². The van der Waals surface area contributed by atoms with E-state index in [0.29, 0.717) is 52.3 Å². The van der Waals surface area contributed by atoms with Gasteiger partial charge in [0.25, 0.3) is 11.1 Å². The molecule has 2 fully saturated rings. The molecule has 2 aliphatic carbocycles. The Morgan fingerprint density at radius 1 is 0.640 bits per heavy atom. The predicted molar refractivity (Wildman–Crippen MR) is 287 cm³/mol. The third kappa shape index (κ3) is 9.76. The second kappa shape index (κ2) is 21.1. The Kier molecular flexibility index (Phi) is 14.3. The summed E-state index contributed by atoms with van der Waals surface area (Å²) in [7, 11) is 0. The molecule has 75 heavy (non-hydrogen) atoms. The van der Waals surface area contributed by atoms with Crippen LogP contribution in [0.15, 0.2) is 98.0 Å². The SMILES string of the molecule is CCn1c(=O)n(CCCO)c(=O)c2c1nc(-c1ccc(OC3CCC3(C)C)nc1C)n2Cc1cccc(CC(C)n2c(=O)n(CCCO)c(=O)c3c2nc(-c2ccc(OC4CCC4)nc2C)n3Cc2ccccc2)c1. The van der Waals surface area contributed by atoms with Crippen molar-refractivity contribution in [1.82, 2.24) is 47.3 Å². The predicted octanol–water partition coefficient (Wildman–Crippen LogP) is 6.96. The number of hydrogen-bond donors (Lipinski definition) is 2. The third-order valence-corrected chi connectivity index (χ3v) is 15.2. The van der Waals surface area contributed by atoms with Crippen LogP contribution in [-0.2, 0) is 39.1 Å². The van der Waals surface area contributed by atoms with Crippen LogP contribution in [0.5, 0.6) is 11.8 Å². The molecule has 0 spiro atoms. The standard InChI is InChI=1S/C57H66N10O8/c1-7-62-51-47(53(70)63(55(62)72)27-13-29-68)66(49(60-51)42-22-24-46(59-37(42)4)75-44-25-26-57(44,5)6)34-40-18-11-17-39(32-40)31-35(2)67-52-48(54(71)64(56(67)73)28-14-30-69)65(33-38-15-9-8-10-16-38)50(61-52)43-21-23-45(58-36(43)3)74-41-19-12-20-41/h8-11,15-18,21-24,32,35,41,44,68-69H,7,12-14,19-20,25-31,33-34H2,1-6H3. The first kappa shape index (κ1) is 51.1. The van der Waals surface area contributed by atoms with Crippen LogP contribution >= 0.6 is 0 Å². The molecular formula is C57H66N10O8. The van der Waals surface area contributed by atoms with Crippen molar-refractivity contribution in [1.29, 1.82) is 0 Å². The zero-order valence-corrected chi connectivity index (χ0v) is 43.7. The zero-order valence-electron chi connectivity index (χ0n) is 43.7. The molecule has 2 saturated carbocycles. The monoisotopic (exact) mass is 1020 g/mol. The van der Waals surface area contributed by atoms with Crippen molar-refractivity contribution in [2.75, 3.05) is 13.2 Å². The number of imidazole rings is 2. The van der Waals surface area contributed by atoms with Crippen LogP contribution < -0.4 is 32.0 Å². The van der Waals surface area contributed by atoms with Gasteiger partial charge < -0.3 is 28.8 Å². The van der Waals surface area contributed by atoms with Crippen molar-refractivity contribution in [3.8, 4) is 34.5 Å². The average molecular weight is 1020 g/mol. The number of aryl methyl sites for hydroxylation is 3. The molecule has 2 aliphatic rings. The number of hydrogen-bond acceptors (Lipinski definition) is 12. The highest BCUT2D eigenvalue weighted by molar-refractivity contribution is 5.79. The van der Waals surface area contributed by atoms with Gasteiger partial charge in [0, 0.05) is 80.7 Å². The summed E-state index contributed by atoms with van der Waals surface area (Å²) < 4.78 is 21.7. The number of aliphatic hydroxyl groups is 2. The van der Waals surface area contributed by atoms with E-state index in [1.165, 1.54) is 13.7 Å². The number of pyridine rings is 2. The molecule has 2 atom stereocenters. The molecule has 6 aromatic heterocycles. The van der Waals surface area contributed by atoms with Gasteiger partial charge in [0.15, 0.2) is 22.3 Å². The molecule has 2 aromatic carbocycles. The fraction of sp³-hybridized carbons (Fsp3) is 0.439. The molecule has 2 N–H and O–H groups in total. The van der Waals surface area contributed by atoms with E-state index in [1.54, 1.807) is 4.57 Å². The quantitative estimate of drug-likeness (QED) is 0.0795. The Labute approximate surface area is 433 Å². The summed E-state index contributed by atoms with van der Waals surface area (Å²) in [5, 5.41) is 19.7. The fourth-order valence-electron chi connectivity index (χ4n) is 10.6. The second-order valence-corrected chi connectivity index (χ2v) is 20.9. The van der Waals surface area contributed by atoms with Crippen LogP contribution in [0.25, 0.3) is 45.1 Å². The smallest absolute Gasteiger partial charge is 0.333 e. The molecule has 0 saturated heterocycles. The van der Waals surface area contributed by atoms with Gasteiger partial charge in [-0.2, -0.15) is 0 Å². The summed E-state index contributed by atoms with van der Waals surface area (Å²) in [6.45, 7) is 12.3. The maximum absolute atomic E-state index is 14.8. The second-order valence-electron chi connectivity index (χ2n) is 20.9. The molecule has 0 amide bonds. The first-order valence-electron chi connectivity index (χ1n) is 26.3. The van der Waals surface area contributed by atoms with Gasteiger partial charge in [0.2, 0.25) is 11.8 Å². The molecule has 18 nitrogen and oxygen atoms in total. The van der Waals surface area contributed by atoms with Crippen molar-refractivity contribution in [3.05, 3.63) is 149 Å². The van der Waals surface area contributed by atoms with Crippen LogP contribution in [0, 0.1) is 19.3 Å². The number of fused-ring (bicyclic) bond motifs is 2. The van der Waals surface area contributed by atoms with E-state index in [2.05, 4.69) is 13.8 Å². The summed E-state index contributed by atoms with van der Waals surface area (Å²) in [4.78, 5) is 77.9. The third-order valence-electron chi connectivity index (χ3n) is 15.2. The van der Waals surface area contributed by atoms with Crippen LogP contribution in [0.3, 0.4) is 0 Å². The highest BCUT2D eigenvalue weighted by Crippen LogP contribution is 2.42. The molecule has 18 heteroatoms. The number of rotatable bonds is 20. The maximum atomic E-state index is 14.8. The number of benzene rings is 2. The minimum Gasteiger partial charge on any atom is -0.474 e. The number of ether oxygens (including phenoxy) is 2. The minimum atomic E-state index is -0.538. The number of aromatic nitrogens is 10. The van der Waals surface area contributed by atoms with E-state index in [0.717, 1.165) is 48.8 Å². The molecule has 392 valence electrons. The summed E-state index contributed by atoms with van der Waals surface area (Å²) in [5.41, 5.74) is 4.27. The lowest BCUT2D eigenvalue weighted by Crippen LogP contribution is -2.44. The van der Waals surface area contributed by atoms with Gasteiger partial charge in [-0.15, -0.1) is 0 Å². The van der Waals surface area contributed by atoms with E-state index in [9.17, 15) is 29.4 Å². The molecule has 0 radical (unpaired) electrons. The molecule has 6 heterocycles. The first-order valence-corrected chi connectivity index (χ1v) is 26.3. The van der Waals surface area contributed by atoms with Gasteiger partial charge in [-0.1, -0.05) is 68.4 Å². The largest absolute Gasteiger partial charge is 0.474 e. The van der Waals surface area contributed by atoms with Crippen molar-refractivity contribution < 1.29 is 19.7 Å². The van der Waals surface area contributed by atoms with Crippen LogP contribution in [0.1, 0.15) is 107 Å². The summed E-state index contributed by atoms with van der Waals surface area (Å²) in [5.74, 6) is 1.97. The summed E-state index contributed by atoms with van der Waals surface area (Å²) in [6, 6.07) is 24.6. The van der Waals surface area contributed by atoms with E-state index < -0.39 is 28.5 Å². The van der Waals surface area contributed by atoms with Gasteiger partial charge >= 0.3 is 11.4 Å². The van der Waals surface area contributed by atoms with E-state index in [1.807, 2.05) is 116 Å². The lowest BCUT2D eigenvalue weighted by atomic mass is 9.69. The Balaban J connectivity index is 1.06. The molecular weight excluding hydrogens is 953 g/mol. The number of aliphatic hydroxyl groups excluding tert-OH is 2. The number of nitrogens with zero attached hydrogens (tertiary/aromatic N) is 10. The van der Waals surface area contributed by atoms with Crippen LogP contribution in [0.2, 0.25) is 0 Å². The molecule has 8 aromatic rings. The molecule has 0 aliphatic heterocycles. The highest BCUT2D eigenvalue weighted by atomic mass is 16.5. The lowest BCUT2D eigenvalue weighted by molar-refractivity contribution is -0.0213. The van der Waals surface area contributed by atoms with Gasteiger partial charge in [0.1, 0.15) is 23.9 Å². The van der Waals surface area contributed by atoms with Gasteiger partial charge in [0.05, 0.1) is 11.4 Å². The lowest BCUT2D eigenvalue weighted by Gasteiger charge is -2.43. The van der Waals surface area contributed by atoms with Crippen molar-refractivity contribution in [2.24, 2.45) is 5.41 Å².